The zero-order valence-electron chi connectivity index (χ0n) is 14.3. The largest absolute Gasteiger partial charge is 0.332 e. The van der Waals surface area contributed by atoms with Gasteiger partial charge in [0.2, 0.25) is 11.8 Å². The van der Waals surface area contributed by atoms with E-state index in [1.165, 1.54) is 4.90 Å². The summed E-state index contributed by atoms with van der Waals surface area (Å²) < 4.78 is 0. The Morgan fingerprint density at radius 2 is 2.04 bits per heavy atom. The second kappa shape index (κ2) is 7.11. The predicted molar refractivity (Wildman–Crippen MR) is 94.5 cm³/mol. The van der Waals surface area contributed by atoms with Gasteiger partial charge in [-0.05, 0) is 31.5 Å². The van der Waals surface area contributed by atoms with E-state index in [0.29, 0.717) is 18.0 Å². The zero-order chi connectivity index (χ0) is 17.3. The standard InChI is InChI=1S/C18H24ClN3O2/c1-3-20-6-8-21(9-7-20)18(24)14-10-17(23)22(12-14)15-5-4-13(2)16(19)11-15/h4-5,11,14H,3,6-10,12H2,1-2H3/p+1/t14-/m0/s1. The number of piperazine rings is 1. The van der Waals surface area contributed by atoms with Crippen molar-refractivity contribution in [3.8, 4) is 0 Å². The molecule has 6 heteroatoms. The second-order valence-electron chi connectivity index (χ2n) is 6.77. The number of nitrogens with zero attached hydrogens (tertiary/aromatic N) is 2. The Morgan fingerprint density at radius 1 is 1.33 bits per heavy atom. The molecule has 0 aromatic heterocycles. The van der Waals surface area contributed by atoms with Crippen molar-refractivity contribution in [2.75, 3.05) is 44.2 Å². The molecule has 2 amide bonds. The summed E-state index contributed by atoms with van der Waals surface area (Å²) in [7, 11) is 0. The van der Waals surface area contributed by atoms with Crippen LogP contribution >= 0.6 is 11.6 Å². The molecule has 0 aliphatic carbocycles. The van der Waals surface area contributed by atoms with Gasteiger partial charge in [-0.2, -0.15) is 0 Å². The number of hydrogen-bond donors (Lipinski definition) is 1. The van der Waals surface area contributed by atoms with Crippen LogP contribution < -0.4 is 9.80 Å². The van der Waals surface area contributed by atoms with Crippen LogP contribution in [0.2, 0.25) is 5.02 Å². The smallest absolute Gasteiger partial charge is 0.228 e. The first-order valence-corrected chi connectivity index (χ1v) is 9.06. The molecule has 3 rings (SSSR count). The molecule has 2 aliphatic rings. The molecule has 2 saturated heterocycles. The molecular weight excluding hydrogens is 326 g/mol. The number of anilines is 1. The van der Waals surface area contributed by atoms with Crippen molar-refractivity contribution < 1.29 is 14.5 Å². The van der Waals surface area contributed by atoms with Crippen LogP contribution in [-0.2, 0) is 9.59 Å². The number of quaternary nitrogens is 1. The van der Waals surface area contributed by atoms with Crippen molar-refractivity contribution in [2.45, 2.75) is 20.3 Å². The number of likely N-dealkylation sites (N-methyl/N-ethyl adjacent to an activating group) is 1. The number of hydrogen-bond acceptors (Lipinski definition) is 2. The molecule has 24 heavy (non-hydrogen) atoms. The molecule has 5 nitrogen and oxygen atoms in total. The molecule has 0 unspecified atom stereocenters. The summed E-state index contributed by atoms with van der Waals surface area (Å²) in [5, 5.41) is 0.647. The highest BCUT2D eigenvalue weighted by molar-refractivity contribution is 6.31. The summed E-state index contributed by atoms with van der Waals surface area (Å²) in [5.74, 6) is -0.106. The van der Waals surface area contributed by atoms with Gasteiger partial charge in [-0.25, -0.2) is 0 Å². The van der Waals surface area contributed by atoms with Crippen LogP contribution in [0, 0.1) is 12.8 Å². The number of aryl methyl sites for hydroxylation is 1. The van der Waals surface area contributed by atoms with E-state index in [-0.39, 0.29) is 17.7 Å². The quantitative estimate of drug-likeness (QED) is 0.874. The molecular formula is C18H25ClN3O2+. The molecule has 2 fully saturated rings. The van der Waals surface area contributed by atoms with E-state index in [2.05, 4.69) is 6.92 Å². The Bertz CT molecular complexity index is 641. The third-order valence-electron chi connectivity index (χ3n) is 5.22. The van der Waals surface area contributed by atoms with E-state index in [4.69, 9.17) is 11.6 Å². The molecule has 0 saturated carbocycles. The van der Waals surface area contributed by atoms with Crippen LogP contribution in [0.3, 0.4) is 0 Å². The van der Waals surface area contributed by atoms with Crippen molar-refractivity contribution in [3.05, 3.63) is 28.8 Å². The van der Waals surface area contributed by atoms with Crippen molar-refractivity contribution in [1.29, 1.82) is 0 Å². The first-order valence-electron chi connectivity index (χ1n) is 8.68. The molecule has 2 heterocycles. The lowest BCUT2D eigenvalue weighted by molar-refractivity contribution is -0.902. The Morgan fingerprint density at radius 3 is 2.67 bits per heavy atom. The highest BCUT2D eigenvalue weighted by Crippen LogP contribution is 2.29. The molecule has 1 aromatic rings. The normalized spacial score (nSPS) is 22.3. The molecule has 1 N–H and O–H groups in total. The average Bonchev–Trinajstić information content (AvgIpc) is 2.98. The SMILES string of the molecule is CC[NH+]1CCN(C(=O)[C@H]2CC(=O)N(c3ccc(C)c(Cl)c3)C2)CC1. The fourth-order valence-electron chi connectivity index (χ4n) is 3.53. The lowest BCUT2D eigenvalue weighted by Crippen LogP contribution is -3.14. The Hall–Kier alpha value is -1.59. The van der Waals surface area contributed by atoms with Crippen molar-refractivity contribution in [1.82, 2.24) is 4.90 Å². The highest BCUT2D eigenvalue weighted by atomic mass is 35.5. The van der Waals surface area contributed by atoms with Crippen LogP contribution in [0.15, 0.2) is 18.2 Å². The Labute approximate surface area is 148 Å². The number of amides is 2. The third-order valence-corrected chi connectivity index (χ3v) is 5.63. The number of carbonyl (C=O) groups is 2. The maximum atomic E-state index is 12.8. The van der Waals surface area contributed by atoms with Gasteiger partial charge in [0.15, 0.2) is 0 Å². The van der Waals surface area contributed by atoms with Crippen LogP contribution in [-0.4, -0.2) is 56.0 Å². The fraction of sp³-hybridized carbons (Fsp3) is 0.556. The van der Waals surface area contributed by atoms with Gasteiger partial charge in [0.05, 0.1) is 38.6 Å². The summed E-state index contributed by atoms with van der Waals surface area (Å²) in [6, 6.07) is 5.62. The second-order valence-corrected chi connectivity index (χ2v) is 7.17. The first-order chi connectivity index (χ1) is 11.5. The van der Waals surface area contributed by atoms with E-state index in [0.717, 1.165) is 44.0 Å². The Balaban J connectivity index is 1.66. The molecule has 0 spiro atoms. The number of carbonyl (C=O) groups excluding carboxylic acids is 2. The van der Waals surface area contributed by atoms with Gasteiger partial charge in [-0.3, -0.25) is 9.59 Å². The summed E-state index contributed by atoms with van der Waals surface area (Å²) >= 11 is 6.17. The monoisotopic (exact) mass is 350 g/mol. The summed E-state index contributed by atoms with van der Waals surface area (Å²) in [5.41, 5.74) is 1.77. The van der Waals surface area contributed by atoms with Crippen molar-refractivity contribution >= 4 is 29.1 Å². The van der Waals surface area contributed by atoms with Crippen LogP contribution in [0.4, 0.5) is 5.69 Å². The topological polar surface area (TPSA) is 45.1 Å². The van der Waals surface area contributed by atoms with Gasteiger partial charge in [0, 0.05) is 23.7 Å². The third kappa shape index (κ3) is 3.42. The number of nitrogens with one attached hydrogen (secondary N) is 1. The van der Waals surface area contributed by atoms with E-state index in [9.17, 15) is 9.59 Å². The first kappa shape index (κ1) is 17.2. The maximum Gasteiger partial charge on any atom is 0.228 e. The van der Waals surface area contributed by atoms with Crippen molar-refractivity contribution in [2.24, 2.45) is 5.92 Å². The average molecular weight is 351 g/mol. The zero-order valence-corrected chi connectivity index (χ0v) is 15.1. The fourth-order valence-corrected chi connectivity index (χ4v) is 3.70. The summed E-state index contributed by atoms with van der Waals surface area (Å²) in [6.45, 7) is 9.26. The molecule has 1 aromatic carbocycles. The van der Waals surface area contributed by atoms with Gasteiger partial charge < -0.3 is 14.7 Å². The molecule has 0 radical (unpaired) electrons. The van der Waals surface area contributed by atoms with Gasteiger partial charge >= 0.3 is 0 Å². The lowest BCUT2D eigenvalue weighted by Gasteiger charge is -2.33. The molecule has 2 aliphatic heterocycles. The van der Waals surface area contributed by atoms with Crippen molar-refractivity contribution in [3.63, 3.8) is 0 Å². The summed E-state index contributed by atoms with van der Waals surface area (Å²) in [6.07, 6.45) is 0.297. The lowest BCUT2D eigenvalue weighted by atomic mass is 10.1. The van der Waals surface area contributed by atoms with Crippen LogP contribution in [0.5, 0.6) is 0 Å². The highest BCUT2D eigenvalue weighted by Gasteiger charge is 2.38. The van der Waals surface area contributed by atoms with E-state index < -0.39 is 0 Å². The van der Waals surface area contributed by atoms with Gasteiger partial charge in [-0.15, -0.1) is 0 Å². The minimum Gasteiger partial charge on any atom is -0.332 e. The van der Waals surface area contributed by atoms with E-state index in [1.54, 1.807) is 4.90 Å². The number of rotatable bonds is 3. The van der Waals surface area contributed by atoms with Crippen LogP contribution in [0.25, 0.3) is 0 Å². The number of benzene rings is 1. The predicted octanol–water partition coefficient (Wildman–Crippen LogP) is 0.748. The molecule has 1 atom stereocenters. The minimum atomic E-state index is -0.235. The van der Waals surface area contributed by atoms with Gasteiger partial charge in [0.25, 0.3) is 0 Å². The summed E-state index contributed by atoms with van der Waals surface area (Å²) in [4.78, 5) is 30.3. The van der Waals surface area contributed by atoms with Gasteiger partial charge in [-0.1, -0.05) is 17.7 Å². The molecule has 130 valence electrons. The van der Waals surface area contributed by atoms with E-state index in [1.807, 2.05) is 30.0 Å². The van der Waals surface area contributed by atoms with Gasteiger partial charge in [0.1, 0.15) is 0 Å². The van der Waals surface area contributed by atoms with Crippen LogP contribution in [0.1, 0.15) is 18.9 Å². The number of halogens is 1. The maximum absolute atomic E-state index is 12.8. The minimum absolute atomic E-state index is 0.00564. The molecule has 0 bridgehead atoms. The van der Waals surface area contributed by atoms with E-state index >= 15 is 0 Å². The Kier molecular flexibility index (Phi) is 5.11.